The second-order valence-corrected chi connectivity index (χ2v) is 5.26. The molecule has 4 nitrogen and oxygen atoms in total. The molecule has 5 heteroatoms. The fraction of sp³-hybridized carbons (Fsp3) is 0.385. The first-order chi connectivity index (χ1) is 8.66. The first-order valence-corrected chi connectivity index (χ1v) is 6.75. The third-order valence-electron chi connectivity index (χ3n) is 2.95. The fourth-order valence-corrected chi connectivity index (χ4v) is 2.62. The largest absolute Gasteiger partial charge is 0.481 e. The minimum atomic E-state index is -0.875. The maximum Gasteiger partial charge on any atom is 0.308 e. The van der Waals surface area contributed by atoms with Crippen molar-refractivity contribution in [3.05, 3.63) is 28.5 Å². The summed E-state index contributed by atoms with van der Waals surface area (Å²) in [6.45, 7) is 0.950. The molecular weight excluding hydrogens is 250 g/mol. The number of carboxylic acids is 1. The molecule has 0 radical (unpaired) electrons. The van der Waals surface area contributed by atoms with Gasteiger partial charge in [0.15, 0.2) is 0 Å². The van der Waals surface area contributed by atoms with Crippen LogP contribution in [0.25, 0.3) is 6.08 Å². The van der Waals surface area contributed by atoms with Gasteiger partial charge in [-0.15, -0.1) is 11.3 Å². The quantitative estimate of drug-likeness (QED) is 0.886. The van der Waals surface area contributed by atoms with Gasteiger partial charge in [-0.3, -0.25) is 9.59 Å². The summed E-state index contributed by atoms with van der Waals surface area (Å²) < 4.78 is 0. The zero-order valence-corrected chi connectivity index (χ0v) is 10.7. The van der Waals surface area contributed by atoms with E-state index in [1.54, 1.807) is 16.2 Å². The second kappa shape index (κ2) is 5.82. The van der Waals surface area contributed by atoms with Crippen molar-refractivity contribution in [1.29, 1.82) is 0 Å². The van der Waals surface area contributed by atoms with Crippen LogP contribution in [0.3, 0.4) is 0 Å². The molecule has 1 aliphatic rings. The average Bonchev–Trinajstić information content (AvgIpc) is 2.94. The predicted octanol–water partition coefficient (Wildman–Crippen LogP) is 2.08. The van der Waals surface area contributed by atoms with Gasteiger partial charge in [0.1, 0.15) is 0 Å². The van der Waals surface area contributed by atoms with Crippen LogP contribution in [-0.2, 0) is 9.59 Å². The van der Waals surface area contributed by atoms with E-state index >= 15 is 0 Å². The summed E-state index contributed by atoms with van der Waals surface area (Å²) >= 11 is 1.67. The van der Waals surface area contributed by atoms with E-state index in [1.807, 2.05) is 29.7 Å². The molecule has 1 aliphatic heterocycles. The zero-order valence-electron chi connectivity index (χ0n) is 9.91. The highest BCUT2D eigenvalue weighted by Crippen LogP contribution is 2.18. The molecule has 0 bridgehead atoms. The highest BCUT2D eigenvalue weighted by Gasteiger charge is 2.33. The van der Waals surface area contributed by atoms with Gasteiger partial charge in [0, 0.05) is 24.4 Å². The molecule has 18 heavy (non-hydrogen) atoms. The molecule has 0 spiro atoms. The summed E-state index contributed by atoms with van der Waals surface area (Å²) in [4.78, 5) is 25.2. The summed E-state index contributed by atoms with van der Waals surface area (Å²) in [5, 5.41) is 10.9. The monoisotopic (exact) mass is 265 g/mol. The van der Waals surface area contributed by atoms with Crippen molar-refractivity contribution < 1.29 is 14.7 Å². The molecule has 1 unspecified atom stereocenters. The smallest absolute Gasteiger partial charge is 0.308 e. The van der Waals surface area contributed by atoms with E-state index in [0.29, 0.717) is 13.1 Å². The second-order valence-electron chi connectivity index (χ2n) is 4.29. The van der Waals surface area contributed by atoms with Crippen molar-refractivity contribution in [1.82, 2.24) is 4.90 Å². The molecule has 0 aliphatic carbocycles. The lowest BCUT2D eigenvalue weighted by atomic mass is 10.1. The van der Waals surface area contributed by atoms with Crippen molar-refractivity contribution in [2.45, 2.75) is 12.8 Å². The molecule has 0 saturated carbocycles. The molecule has 1 aromatic rings. The lowest BCUT2D eigenvalue weighted by Crippen LogP contribution is -2.27. The first-order valence-electron chi connectivity index (χ1n) is 5.87. The fourth-order valence-electron chi connectivity index (χ4n) is 1.97. The van der Waals surface area contributed by atoms with Gasteiger partial charge in [0.25, 0.3) is 0 Å². The summed E-state index contributed by atoms with van der Waals surface area (Å²) in [6, 6.07) is 4.02. The van der Waals surface area contributed by atoms with Crippen molar-refractivity contribution in [2.75, 3.05) is 13.1 Å². The van der Waals surface area contributed by atoms with Gasteiger partial charge < -0.3 is 10.0 Å². The summed E-state index contributed by atoms with van der Waals surface area (Å²) in [6.07, 6.45) is 4.95. The van der Waals surface area contributed by atoms with Gasteiger partial charge in [-0.05, 0) is 23.9 Å². The van der Waals surface area contributed by atoms with Crippen molar-refractivity contribution >= 4 is 29.3 Å². The highest BCUT2D eigenvalue weighted by atomic mass is 32.1. The highest BCUT2D eigenvalue weighted by molar-refractivity contribution is 7.10. The first kappa shape index (κ1) is 12.8. The minimum absolute atomic E-state index is 0.0491. The third kappa shape index (κ3) is 3.20. The Hall–Kier alpha value is -1.62. The number of nitrogens with zero attached hydrogens (tertiary/aromatic N) is 1. The average molecular weight is 265 g/mol. The summed E-state index contributed by atoms with van der Waals surface area (Å²) in [5.74, 6) is -1.45. The van der Waals surface area contributed by atoms with E-state index in [2.05, 4.69) is 0 Å². The molecule has 1 N–H and O–H groups in total. The molecule has 1 amide bonds. The van der Waals surface area contributed by atoms with E-state index in [9.17, 15) is 9.59 Å². The van der Waals surface area contributed by atoms with Crippen LogP contribution >= 0.6 is 11.3 Å². The van der Waals surface area contributed by atoms with Crippen LogP contribution in [0.1, 0.15) is 17.7 Å². The van der Waals surface area contributed by atoms with Gasteiger partial charge in [-0.2, -0.15) is 0 Å². The van der Waals surface area contributed by atoms with Gasteiger partial charge >= 0.3 is 5.97 Å². The number of likely N-dealkylation sites (tertiary alicyclic amines) is 1. The van der Waals surface area contributed by atoms with Crippen LogP contribution in [0.2, 0.25) is 0 Å². The van der Waals surface area contributed by atoms with Gasteiger partial charge in [0.2, 0.25) is 5.91 Å². The molecule has 96 valence electrons. The zero-order chi connectivity index (χ0) is 13.0. The van der Waals surface area contributed by atoms with Gasteiger partial charge in [-0.1, -0.05) is 12.1 Å². The lowest BCUT2D eigenvalue weighted by Gasteiger charge is -2.14. The van der Waals surface area contributed by atoms with Crippen molar-refractivity contribution in [2.24, 2.45) is 5.92 Å². The molecule has 2 heterocycles. The predicted molar refractivity (Wildman–Crippen MR) is 70.3 cm³/mol. The Bertz CT molecular complexity index is 453. The van der Waals surface area contributed by atoms with Gasteiger partial charge in [-0.25, -0.2) is 0 Å². The maximum absolute atomic E-state index is 11.6. The minimum Gasteiger partial charge on any atom is -0.481 e. The molecule has 1 saturated heterocycles. The van der Waals surface area contributed by atoms with Crippen LogP contribution in [0.5, 0.6) is 0 Å². The third-order valence-corrected chi connectivity index (χ3v) is 3.79. The molecule has 1 atom stereocenters. The van der Waals surface area contributed by atoms with Crippen LogP contribution in [0, 0.1) is 5.92 Å². The van der Waals surface area contributed by atoms with E-state index in [4.69, 9.17) is 5.11 Å². The van der Waals surface area contributed by atoms with E-state index in [-0.39, 0.29) is 12.3 Å². The maximum atomic E-state index is 11.6. The Kier molecular flexibility index (Phi) is 4.15. The Labute approximate surface area is 110 Å². The Balaban J connectivity index is 1.77. The number of hydrogen-bond donors (Lipinski definition) is 1. The number of carbonyl (C=O) groups is 2. The standard InChI is InChI=1S/C13H15NO3S/c15-12-8-10(13(16)17)9-14(12)6-2-1-4-11-5-3-7-18-11/h1,3-5,7,10H,2,6,8-9H2,(H,16,17)/b4-1+. The summed E-state index contributed by atoms with van der Waals surface area (Å²) in [7, 11) is 0. The molecule has 2 rings (SSSR count). The summed E-state index contributed by atoms with van der Waals surface area (Å²) in [5.41, 5.74) is 0. The topological polar surface area (TPSA) is 57.6 Å². The van der Waals surface area contributed by atoms with Gasteiger partial charge in [0.05, 0.1) is 5.92 Å². The number of amides is 1. The number of rotatable bonds is 5. The Morgan fingerprint density at radius 3 is 3.06 bits per heavy atom. The van der Waals surface area contributed by atoms with Crippen LogP contribution < -0.4 is 0 Å². The van der Waals surface area contributed by atoms with Crippen LogP contribution in [0.4, 0.5) is 0 Å². The molecule has 1 aromatic heterocycles. The molecule has 1 fully saturated rings. The van der Waals surface area contributed by atoms with Crippen LogP contribution in [0.15, 0.2) is 23.6 Å². The molecular formula is C13H15NO3S. The Morgan fingerprint density at radius 1 is 1.61 bits per heavy atom. The van der Waals surface area contributed by atoms with Crippen molar-refractivity contribution in [3.63, 3.8) is 0 Å². The molecule has 0 aromatic carbocycles. The normalized spacial score (nSPS) is 19.9. The number of aliphatic carboxylic acids is 1. The van der Waals surface area contributed by atoms with Crippen molar-refractivity contribution in [3.8, 4) is 0 Å². The SMILES string of the molecule is O=C(O)C1CC(=O)N(CC/C=C/c2cccs2)C1. The number of carboxylic acid groups (broad SMARTS) is 1. The lowest BCUT2D eigenvalue weighted by molar-refractivity contribution is -0.141. The van der Waals surface area contributed by atoms with Crippen LogP contribution in [-0.4, -0.2) is 35.0 Å². The Morgan fingerprint density at radius 2 is 2.44 bits per heavy atom. The van der Waals surface area contributed by atoms with E-state index < -0.39 is 11.9 Å². The number of thiophene rings is 1. The number of carbonyl (C=O) groups excluding carboxylic acids is 1. The van der Waals surface area contributed by atoms with E-state index in [0.717, 1.165) is 6.42 Å². The van der Waals surface area contributed by atoms with E-state index in [1.165, 1.54) is 4.88 Å². The number of hydrogen-bond acceptors (Lipinski definition) is 3.